The Morgan fingerprint density at radius 2 is 2.09 bits per heavy atom. The van der Waals surface area contributed by atoms with Crippen molar-refractivity contribution in [2.24, 2.45) is 5.73 Å². The van der Waals surface area contributed by atoms with Crippen LogP contribution in [0.5, 0.6) is 0 Å². The van der Waals surface area contributed by atoms with Crippen molar-refractivity contribution in [3.05, 3.63) is 17.1 Å². The molecule has 120 valence electrons. The van der Waals surface area contributed by atoms with E-state index in [1.807, 2.05) is 0 Å². The van der Waals surface area contributed by atoms with Crippen LogP contribution in [-0.4, -0.2) is 55.4 Å². The Morgan fingerprint density at radius 1 is 1.23 bits per heavy atom. The molecule has 1 aliphatic carbocycles. The lowest BCUT2D eigenvalue weighted by Crippen LogP contribution is -2.46. The van der Waals surface area contributed by atoms with Crippen LogP contribution in [0.1, 0.15) is 35.8 Å². The first-order valence-corrected chi connectivity index (χ1v) is 8.52. The second-order valence-electron chi connectivity index (χ2n) is 6.53. The SMILES string of the molecule is NCC1CN(c2nc(C3CC3)nc3c2CCNCC3)CCO1. The topological polar surface area (TPSA) is 76.3 Å². The zero-order chi connectivity index (χ0) is 14.9. The maximum atomic E-state index is 5.80. The van der Waals surface area contributed by atoms with Crippen molar-refractivity contribution in [2.75, 3.05) is 44.2 Å². The number of nitrogens with two attached hydrogens (primary N) is 1. The molecule has 3 N–H and O–H groups in total. The Bertz CT molecular complexity index is 546. The normalized spacial score (nSPS) is 25.7. The smallest absolute Gasteiger partial charge is 0.136 e. The average molecular weight is 303 g/mol. The number of nitrogens with zero attached hydrogens (tertiary/aromatic N) is 3. The summed E-state index contributed by atoms with van der Waals surface area (Å²) in [5, 5.41) is 3.48. The van der Waals surface area contributed by atoms with Gasteiger partial charge in [-0.15, -0.1) is 0 Å². The van der Waals surface area contributed by atoms with E-state index in [4.69, 9.17) is 20.4 Å². The summed E-state index contributed by atoms with van der Waals surface area (Å²) < 4.78 is 5.72. The van der Waals surface area contributed by atoms with Crippen molar-refractivity contribution in [3.63, 3.8) is 0 Å². The first-order valence-electron chi connectivity index (χ1n) is 8.52. The molecule has 1 saturated carbocycles. The summed E-state index contributed by atoms with van der Waals surface area (Å²) in [6.07, 6.45) is 4.62. The van der Waals surface area contributed by atoms with Gasteiger partial charge in [0.05, 0.1) is 18.4 Å². The molecular formula is C16H25N5O. The van der Waals surface area contributed by atoms with Crippen molar-refractivity contribution >= 4 is 5.82 Å². The van der Waals surface area contributed by atoms with Gasteiger partial charge in [-0.25, -0.2) is 9.97 Å². The van der Waals surface area contributed by atoms with Crippen molar-refractivity contribution in [1.82, 2.24) is 15.3 Å². The quantitative estimate of drug-likeness (QED) is 0.831. The number of aromatic nitrogens is 2. The molecule has 1 atom stereocenters. The Kier molecular flexibility index (Phi) is 3.98. The average Bonchev–Trinajstić information content (AvgIpc) is 3.40. The monoisotopic (exact) mass is 303 g/mol. The van der Waals surface area contributed by atoms with E-state index in [2.05, 4.69) is 10.2 Å². The maximum absolute atomic E-state index is 5.80. The van der Waals surface area contributed by atoms with Crippen LogP contribution in [0.3, 0.4) is 0 Å². The molecule has 3 heterocycles. The van der Waals surface area contributed by atoms with Gasteiger partial charge in [0.25, 0.3) is 0 Å². The molecule has 1 unspecified atom stereocenters. The van der Waals surface area contributed by atoms with Gasteiger partial charge in [0, 0.05) is 44.1 Å². The predicted molar refractivity (Wildman–Crippen MR) is 85.3 cm³/mol. The van der Waals surface area contributed by atoms with E-state index in [0.29, 0.717) is 12.5 Å². The zero-order valence-corrected chi connectivity index (χ0v) is 13.1. The van der Waals surface area contributed by atoms with Gasteiger partial charge < -0.3 is 20.7 Å². The van der Waals surface area contributed by atoms with Gasteiger partial charge in [0.1, 0.15) is 11.6 Å². The molecule has 2 fully saturated rings. The molecule has 6 heteroatoms. The third kappa shape index (κ3) is 2.83. The molecule has 1 saturated heterocycles. The van der Waals surface area contributed by atoms with Crippen LogP contribution in [0.15, 0.2) is 0 Å². The Balaban J connectivity index is 1.70. The molecule has 0 bridgehead atoms. The van der Waals surface area contributed by atoms with E-state index in [9.17, 15) is 0 Å². The number of fused-ring (bicyclic) bond motifs is 1. The molecule has 1 aromatic heterocycles. The van der Waals surface area contributed by atoms with Crippen molar-refractivity contribution in [1.29, 1.82) is 0 Å². The minimum Gasteiger partial charge on any atom is -0.373 e. The van der Waals surface area contributed by atoms with Crippen LogP contribution < -0.4 is 16.0 Å². The summed E-state index contributed by atoms with van der Waals surface area (Å²) >= 11 is 0. The third-order valence-electron chi connectivity index (χ3n) is 4.82. The van der Waals surface area contributed by atoms with Crippen LogP contribution >= 0.6 is 0 Å². The number of anilines is 1. The summed E-state index contributed by atoms with van der Waals surface area (Å²) in [5.74, 6) is 2.80. The van der Waals surface area contributed by atoms with Gasteiger partial charge in [0.15, 0.2) is 0 Å². The largest absolute Gasteiger partial charge is 0.373 e. The standard InChI is InChI=1S/C16H25N5O/c17-9-12-10-21(7-8-22-12)16-13-3-5-18-6-4-14(13)19-15(20-16)11-1-2-11/h11-12,18H,1-10,17H2. The summed E-state index contributed by atoms with van der Waals surface area (Å²) in [6.45, 7) is 5.08. The molecule has 0 amide bonds. The Labute approximate surface area is 131 Å². The number of nitrogens with one attached hydrogen (secondary N) is 1. The van der Waals surface area contributed by atoms with Crippen LogP contribution in [0.25, 0.3) is 0 Å². The van der Waals surface area contributed by atoms with Gasteiger partial charge in [0.2, 0.25) is 0 Å². The van der Waals surface area contributed by atoms with Crippen LogP contribution in [0.4, 0.5) is 5.82 Å². The number of hydrogen-bond acceptors (Lipinski definition) is 6. The number of rotatable bonds is 3. The molecule has 3 aliphatic rings. The first-order chi connectivity index (χ1) is 10.8. The fraction of sp³-hybridized carbons (Fsp3) is 0.750. The highest BCUT2D eigenvalue weighted by molar-refractivity contribution is 5.51. The van der Waals surface area contributed by atoms with Gasteiger partial charge >= 0.3 is 0 Å². The van der Waals surface area contributed by atoms with Gasteiger partial charge in [-0.2, -0.15) is 0 Å². The van der Waals surface area contributed by atoms with Crippen LogP contribution in [0, 0.1) is 0 Å². The molecule has 0 spiro atoms. The number of ether oxygens (including phenoxy) is 1. The number of morpholine rings is 1. The summed E-state index contributed by atoms with van der Waals surface area (Å²) in [7, 11) is 0. The van der Waals surface area contributed by atoms with E-state index in [-0.39, 0.29) is 6.10 Å². The van der Waals surface area contributed by atoms with E-state index < -0.39 is 0 Å². The highest BCUT2D eigenvalue weighted by atomic mass is 16.5. The second kappa shape index (κ2) is 6.10. The second-order valence-corrected chi connectivity index (χ2v) is 6.53. The summed E-state index contributed by atoms with van der Waals surface area (Å²) in [5.41, 5.74) is 8.40. The molecule has 0 aromatic carbocycles. The highest BCUT2D eigenvalue weighted by Crippen LogP contribution is 2.39. The van der Waals surface area contributed by atoms with Crippen molar-refractivity contribution in [3.8, 4) is 0 Å². The lowest BCUT2D eigenvalue weighted by Gasteiger charge is -2.34. The summed E-state index contributed by atoms with van der Waals surface area (Å²) in [6, 6.07) is 0. The fourth-order valence-electron chi connectivity index (χ4n) is 3.38. The van der Waals surface area contributed by atoms with Crippen LogP contribution in [0.2, 0.25) is 0 Å². The van der Waals surface area contributed by atoms with Gasteiger partial charge in [-0.05, 0) is 25.8 Å². The molecule has 22 heavy (non-hydrogen) atoms. The molecule has 0 radical (unpaired) electrons. The van der Waals surface area contributed by atoms with Crippen molar-refractivity contribution in [2.45, 2.75) is 37.7 Å². The molecule has 4 rings (SSSR count). The minimum absolute atomic E-state index is 0.118. The van der Waals surface area contributed by atoms with E-state index in [1.165, 1.54) is 24.1 Å². The van der Waals surface area contributed by atoms with E-state index in [0.717, 1.165) is 57.3 Å². The number of hydrogen-bond donors (Lipinski definition) is 2. The highest BCUT2D eigenvalue weighted by Gasteiger charge is 2.31. The van der Waals surface area contributed by atoms with Crippen molar-refractivity contribution < 1.29 is 4.74 Å². The fourth-order valence-corrected chi connectivity index (χ4v) is 3.38. The molecular weight excluding hydrogens is 278 g/mol. The summed E-state index contributed by atoms with van der Waals surface area (Å²) in [4.78, 5) is 12.2. The predicted octanol–water partition coefficient (Wildman–Crippen LogP) is 0.206. The first kappa shape index (κ1) is 14.4. The van der Waals surface area contributed by atoms with Gasteiger partial charge in [-0.3, -0.25) is 0 Å². The third-order valence-corrected chi connectivity index (χ3v) is 4.82. The molecule has 2 aliphatic heterocycles. The van der Waals surface area contributed by atoms with Gasteiger partial charge in [-0.1, -0.05) is 0 Å². The zero-order valence-electron chi connectivity index (χ0n) is 13.1. The Hall–Kier alpha value is -1.24. The van der Waals surface area contributed by atoms with Crippen LogP contribution in [-0.2, 0) is 17.6 Å². The molecule has 6 nitrogen and oxygen atoms in total. The Morgan fingerprint density at radius 3 is 2.91 bits per heavy atom. The minimum atomic E-state index is 0.118. The lowest BCUT2D eigenvalue weighted by molar-refractivity contribution is 0.0462. The maximum Gasteiger partial charge on any atom is 0.136 e. The van der Waals surface area contributed by atoms with E-state index in [1.54, 1.807) is 0 Å². The van der Waals surface area contributed by atoms with E-state index >= 15 is 0 Å². The lowest BCUT2D eigenvalue weighted by atomic mass is 10.1. The molecule has 1 aromatic rings.